The van der Waals surface area contributed by atoms with Gasteiger partial charge in [0.1, 0.15) is 0 Å². The number of benzene rings is 1. The van der Waals surface area contributed by atoms with Crippen molar-refractivity contribution < 1.29 is 9.31 Å². The number of hydrogen-bond donors (Lipinski definition) is 0. The molecule has 1 atom stereocenters. The van der Waals surface area contributed by atoms with Crippen LogP contribution in [0.2, 0.25) is 0 Å². The lowest BCUT2D eigenvalue weighted by Crippen LogP contribution is -2.45. The molecule has 3 rings (SSSR count). The maximum atomic E-state index is 6.38. The number of rotatable bonds is 3. The number of hydrogen-bond acceptors (Lipinski definition) is 2. The van der Waals surface area contributed by atoms with Gasteiger partial charge < -0.3 is 9.31 Å². The zero-order valence-electron chi connectivity index (χ0n) is 13.6. The Morgan fingerprint density at radius 1 is 1.05 bits per heavy atom. The molecule has 0 amide bonds. The highest BCUT2D eigenvalue weighted by molar-refractivity contribution is 9.10. The Morgan fingerprint density at radius 3 is 1.95 bits per heavy atom. The molecule has 1 heterocycles. The zero-order chi connectivity index (χ0) is 15.5. The molecule has 1 saturated carbocycles. The minimum absolute atomic E-state index is 0.0776. The van der Waals surface area contributed by atoms with Gasteiger partial charge in [-0.2, -0.15) is 0 Å². The van der Waals surface area contributed by atoms with E-state index in [1.165, 1.54) is 18.4 Å². The van der Waals surface area contributed by atoms with Crippen LogP contribution in [0.3, 0.4) is 0 Å². The van der Waals surface area contributed by atoms with Gasteiger partial charge in [-0.3, -0.25) is 0 Å². The molecule has 1 aromatic rings. The first-order valence-corrected chi connectivity index (χ1v) is 8.58. The minimum Gasteiger partial charge on any atom is -0.403 e. The van der Waals surface area contributed by atoms with Crippen molar-refractivity contribution in [2.75, 3.05) is 0 Å². The van der Waals surface area contributed by atoms with Gasteiger partial charge in [0.15, 0.2) is 0 Å². The van der Waals surface area contributed by atoms with Crippen molar-refractivity contribution in [3.63, 3.8) is 0 Å². The van der Waals surface area contributed by atoms with Crippen molar-refractivity contribution in [1.29, 1.82) is 0 Å². The van der Waals surface area contributed by atoms with E-state index in [-0.39, 0.29) is 23.6 Å². The molecule has 0 bridgehead atoms. The molecular weight excluding hydrogens is 327 g/mol. The average molecular weight is 351 g/mol. The lowest BCUT2D eigenvalue weighted by molar-refractivity contribution is 0.00578. The molecule has 2 aliphatic rings. The summed E-state index contributed by atoms with van der Waals surface area (Å²) in [5.41, 5.74) is 0.763. The van der Waals surface area contributed by atoms with Crippen molar-refractivity contribution in [3.05, 3.63) is 34.3 Å². The van der Waals surface area contributed by atoms with E-state index in [0.717, 1.165) is 4.47 Å². The molecule has 0 radical (unpaired) electrons. The Balaban J connectivity index is 1.98. The van der Waals surface area contributed by atoms with E-state index in [4.69, 9.17) is 9.31 Å². The molecule has 1 aromatic carbocycles. The van der Waals surface area contributed by atoms with Gasteiger partial charge in [-0.1, -0.05) is 35.0 Å². The predicted octanol–water partition coefficient (Wildman–Crippen LogP) is 4.75. The van der Waals surface area contributed by atoms with Gasteiger partial charge in [0.05, 0.1) is 11.2 Å². The fourth-order valence-corrected chi connectivity index (χ4v) is 3.41. The second-order valence-electron chi connectivity index (χ2n) is 7.65. The molecule has 1 unspecified atom stereocenters. The van der Waals surface area contributed by atoms with Crippen LogP contribution in [0.1, 0.15) is 53.0 Å². The average Bonchev–Trinajstić information content (AvgIpc) is 3.18. The molecule has 1 aliphatic heterocycles. The van der Waals surface area contributed by atoms with Crippen molar-refractivity contribution in [1.82, 2.24) is 0 Å². The summed E-state index contributed by atoms with van der Waals surface area (Å²) in [6.07, 6.45) is 2.52. The van der Waals surface area contributed by atoms with Crippen LogP contribution >= 0.6 is 15.9 Å². The summed E-state index contributed by atoms with van der Waals surface area (Å²) >= 11 is 3.52. The van der Waals surface area contributed by atoms with E-state index in [0.29, 0.717) is 5.92 Å². The molecule has 0 spiro atoms. The molecule has 4 heteroatoms. The van der Waals surface area contributed by atoms with Crippen molar-refractivity contribution in [2.45, 2.75) is 64.0 Å². The summed E-state index contributed by atoms with van der Waals surface area (Å²) in [6.45, 7) is 10.8. The van der Waals surface area contributed by atoms with Gasteiger partial charge in [0.25, 0.3) is 0 Å². The van der Waals surface area contributed by atoms with Crippen molar-refractivity contribution in [2.24, 2.45) is 5.92 Å². The Labute approximate surface area is 136 Å². The van der Waals surface area contributed by atoms with E-state index in [1.54, 1.807) is 0 Å². The lowest BCUT2D eigenvalue weighted by atomic mass is 9.52. The Morgan fingerprint density at radius 2 is 1.52 bits per heavy atom. The summed E-state index contributed by atoms with van der Waals surface area (Å²) in [5, 5.41) is -0.0776. The molecule has 21 heavy (non-hydrogen) atoms. The van der Waals surface area contributed by atoms with Gasteiger partial charge in [-0.25, -0.2) is 0 Å². The molecule has 1 saturated heterocycles. The third kappa shape index (κ3) is 2.49. The van der Waals surface area contributed by atoms with Crippen LogP contribution in [0, 0.1) is 5.92 Å². The summed E-state index contributed by atoms with van der Waals surface area (Å²) in [7, 11) is -0.184. The number of halogens is 1. The highest BCUT2D eigenvalue weighted by Crippen LogP contribution is 2.53. The van der Waals surface area contributed by atoms with E-state index in [2.05, 4.69) is 74.8 Å². The lowest BCUT2D eigenvalue weighted by Gasteiger charge is -2.32. The monoisotopic (exact) mass is 350 g/mol. The maximum Gasteiger partial charge on any atom is 0.469 e. The SMILES string of the molecule is CC(B1OC(C)(C)C(C)(C)O1)(c1ccc(Br)cc1)C1CC1. The van der Waals surface area contributed by atoms with Gasteiger partial charge >= 0.3 is 7.12 Å². The van der Waals surface area contributed by atoms with Crippen LogP contribution in [0.4, 0.5) is 0 Å². The van der Waals surface area contributed by atoms with Gasteiger partial charge in [0, 0.05) is 9.79 Å². The topological polar surface area (TPSA) is 18.5 Å². The molecule has 2 fully saturated rings. The maximum absolute atomic E-state index is 6.38. The minimum atomic E-state index is -0.275. The smallest absolute Gasteiger partial charge is 0.403 e. The first kappa shape index (κ1) is 15.6. The molecule has 114 valence electrons. The first-order valence-electron chi connectivity index (χ1n) is 7.78. The molecule has 2 nitrogen and oxygen atoms in total. The second kappa shape index (κ2) is 4.84. The third-order valence-electron chi connectivity index (χ3n) is 5.63. The highest BCUT2D eigenvalue weighted by Gasteiger charge is 2.62. The van der Waals surface area contributed by atoms with E-state index >= 15 is 0 Å². The van der Waals surface area contributed by atoms with Gasteiger partial charge in [-0.05, 0) is 64.2 Å². The van der Waals surface area contributed by atoms with Crippen LogP contribution < -0.4 is 0 Å². The molecule has 0 N–H and O–H groups in total. The van der Waals surface area contributed by atoms with Crippen molar-refractivity contribution >= 4 is 23.0 Å². The quantitative estimate of drug-likeness (QED) is 0.732. The zero-order valence-corrected chi connectivity index (χ0v) is 15.2. The van der Waals surface area contributed by atoms with Crippen LogP contribution in [0.5, 0.6) is 0 Å². The summed E-state index contributed by atoms with van der Waals surface area (Å²) in [4.78, 5) is 0. The summed E-state index contributed by atoms with van der Waals surface area (Å²) < 4.78 is 13.9. The Bertz CT molecular complexity index is 520. The van der Waals surface area contributed by atoms with Crippen LogP contribution in [0.25, 0.3) is 0 Å². The Hall–Kier alpha value is -0.315. The van der Waals surface area contributed by atoms with Crippen LogP contribution in [-0.2, 0) is 14.6 Å². The van der Waals surface area contributed by atoms with Crippen LogP contribution in [0.15, 0.2) is 28.7 Å². The van der Waals surface area contributed by atoms with E-state index in [1.807, 2.05) is 0 Å². The van der Waals surface area contributed by atoms with Gasteiger partial charge in [0.2, 0.25) is 0 Å². The normalized spacial score (nSPS) is 26.7. The molecule has 1 aliphatic carbocycles. The van der Waals surface area contributed by atoms with E-state index in [9.17, 15) is 0 Å². The highest BCUT2D eigenvalue weighted by atomic mass is 79.9. The largest absolute Gasteiger partial charge is 0.469 e. The fourth-order valence-electron chi connectivity index (χ4n) is 3.14. The first-order chi connectivity index (χ1) is 9.67. The van der Waals surface area contributed by atoms with Crippen LogP contribution in [-0.4, -0.2) is 18.3 Å². The Kier molecular flexibility index (Phi) is 3.59. The molecule has 0 aromatic heterocycles. The van der Waals surface area contributed by atoms with Gasteiger partial charge in [-0.15, -0.1) is 0 Å². The van der Waals surface area contributed by atoms with E-state index < -0.39 is 0 Å². The predicted molar refractivity (Wildman–Crippen MR) is 90.3 cm³/mol. The summed E-state index contributed by atoms with van der Waals surface area (Å²) in [6, 6.07) is 8.63. The standard InChI is InChI=1S/C17H24BBrO2/c1-15(2)16(3,4)21-18(20-15)17(5,12-6-7-12)13-8-10-14(19)11-9-13/h8-12H,6-7H2,1-5H3. The summed E-state index contributed by atoms with van der Waals surface area (Å²) in [5.74, 6) is 0.647. The molecular formula is C17H24BBrO2. The fraction of sp³-hybridized carbons (Fsp3) is 0.647. The second-order valence-corrected chi connectivity index (χ2v) is 8.57. The van der Waals surface area contributed by atoms with Crippen molar-refractivity contribution in [3.8, 4) is 0 Å². The third-order valence-corrected chi connectivity index (χ3v) is 6.16.